The van der Waals surface area contributed by atoms with E-state index in [1.54, 1.807) is 24.5 Å². The van der Waals surface area contributed by atoms with Crippen LogP contribution in [0.15, 0.2) is 42.7 Å². The average Bonchev–Trinajstić information content (AvgIpc) is 2.45. The lowest BCUT2D eigenvalue weighted by molar-refractivity contribution is -0.384. The predicted octanol–water partition coefficient (Wildman–Crippen LogP) is 1.70. The van der Waals surface area contributed by atoms with E-state index in [9.17, 15) is 14.9 Å². The molecule has 1 aromatic carbocycles. The van der Waals surface area contributed by atoms with Gasteiger partial charge in [-0.3, -0.25) is 19.9 Å². The number of anilines is 1. The summed E-state index contributed by atoms with van der Waals surface area (Å²) in [6.45, 7) is 0.416. The van der Waals surface area contributed by atoms with Crippen LogP contribution < -0.4 is 11.1 Å². The molecule has 0 unspecified atom stereocenters. The minimum Gasteiger partial charge on any atom is -0.375 e. The number of nitrogens with zero attached hydrogens (tertiary/aromatic N) is 2. The number of rotatable bonds is 5. The van der Waals surface area contributed by atoms with E-state index in [4.69, 9.17) is 5.73 Å². The lowest BCUT2D eigenvalue weighted by atomic mass is 10.1. The summed E-state index contributed by atoms with van der Waals surface area (Å²) < 4.78 is 0. The number of amides is 1. The molecule has 2 aromatic rings. The van der Waals surface area contributed by atoms with Gasteiger partial charge in [-0.15, -0.1) is 0 Å². The minimum absolute atomic E-state index is 0.103. The van der Waals surface area contributed by atoms with Gasteiger partial charge in [0.25, 0.3) is 5.69 Å². The van der Waals surface area contributed by atoms with Crippen LogP contribution in [0.1, 0.15) is 15.9 Å². The minimum atomic E-state index is -0.700. The highest BCUT2D eigenvalue weighted by Crippen LogP contribution is 2.25. The van der Waals surface area contributed by atoms with Crippen LogP contribution in [-0.2, 0) is 6.54 Å². The fourth-order valence-corrected chi connectivity index (χ4v) is 1.68. The van der Waals surface area contributed by atoms with Crippen LogP contribution in [0.2, 0.25) is 0 Å². The maximum atomic E-state index is 11.0. The summed E-state index contributed by atoms with van der Waals surface area (Å²) in [5.74, 6) is -0.700. The molecule has 7 heteroatoms. The molecule has 20 heavy (non-hydrogen) atoms. The Morgan fingerprint density at radius 2 is 2.00 bits per heavy atom. The Hall–Kier alpha value is -2.96. The van der Waals surface area contributed by atoms with Crippen LogP contribution >= 0.6 is 0 Å². The third kappa shape index (κ3) is 3.08. The van der Waals surface area contributed by atoms with E-state index in [2.05, 4.69) is 10.3 Å². The number of nitro groups is 1. The first-order chi connectivity index (χ1) is 9.58. The standard InChI is InChI=1S/C13H12N4O3/c14-13(18)10-1-2-11(12(7-10)17(19)20)16-8-9-3-5-15-6-4-9/h1-7,16H,8H2,(H2,14,18). The van der Waals surface area contributed by atoms with Gasteiger partial charge < -0.3 is 11.1 Å². The zero-order valence-electron chi connectivity index (χ0n) is 10.4. The Bertz CT molecular complexity index is 643. The van der Waals surface area contributed by atoms with Crippen LogP contribution in [0.5, 0.6) is 0 Å². The van der Waals surface area contributed by atoms with Crippen molar-refractivity contribution in [2.75, 3.05) is 5.32 Å². The summed E-state index contributed by atoms with van der Waals surface area (Å²) in [5.41, 5.74) is 6.30. The molecule has 0 radical (unpaired) electrons. The summed E-state index contributed by atoms with van der Waals surface area (Å²) in [6.07, 6.45) is 3.28. The van der Waals surface area contributed by atoms with Gasteiger partial charge in [0.05, 0.1) is 4.92 Å². The molecule has 1 heterocycles. The number of nitrogens with two attached hydrogens (primary N) is 1. The van der Waals surface area contributed by atoms with Crippen molar-refractivity contribution >= 4 is 17.3 Å². The average molecular weight is 272 g/mol. The summed E-state index contributed by atoms with van der Waals surface area (Å²) in [5, 5.41) is 14.0. The van der Waals surface area contributed by atoms with Gasteiger partial charge in [0.1, 0.15) is 5.69 Å². The number of hydrogen-bond acceptors (Lipinski definition) is 5. The molecule has 0 aliphatic rings. The SMILES string of the molecule is NC(=O)c1ccc(NCc2ccncc2)c([N+](=O)[O-])c1. The number of pyridine rings is 1. The van der Waals surface area contributed by atoms with E-state index in [1.165, 1.54) is 12.1 Å². The van der Waals surface area contributed by atoms with E-state index in [0.29, 0.717) is 12.2 Å². The number of nitrogens with one attached hydrogen (secondary N) is 1. The Balaban J connectivity index is 2.23. The topological polar surface area (TPSA) is 111 Å². The van der Waals surface area contributed by atoms with Crippen LogP contribution in [0.3, 0.4) is 0 Å². The van der Waals surface area contributed by atoms with Crippen LogP contribution in [-0.4, -0.2) is 15.8 Å². The van der Waals surface area contributed by atoms with Gasteiger partial charge in [-0.1, -0.05) is 0 Å². The largest absolute Gasteiger partial charge is 0.375 e. The maximum absolute atomic E-state index is 11.0. The third-order valence-electron chi connectivity index (χ3n) is 2.71. The van der Waals surface area contributed by atoms with Crippen molar-refractivity contribution in [1.82, 2.24) is 4.98 Å². The molecule has 102 valence electrons. The van der Waals surface area contributed by atoms with Crippen molar-refractivity contribution in [3.63, 3.8) is 0 Å². The van der Waals surface area contributed by atoms with Crippen molar-refractivity contribution < 1.29 is 9.72 Å². The number of hydrogen-bond donors (Lipinski definition) is 2. The Morgan fingerprint density at radius 1 is 1.30 bits per heavy atom. The van der Waals surface area contributed by atoms with E-state index in [1.807, 2.05) is 0 Å². The maximum Gasteiger partial charge on any atom is 0.293 e. The molecule has 7 nitrogen and oxygen atoms in total. The highest BCUT2D eigenvalue weighted by Gasteiger charge is 2.16. The van der Waals surface area contributed by atoms with Crippen LogP contribution in [0.25, 0.3) is 0 Å². The molecule has 0 aliphatic carbocycles. The van der Waals surface area contributed by atoms with E-state index >= 15 is 0 Å². The fourth-order valence-electron chi connectivity index (χ4n) is 1.68. The molecule has 0 bridgehead atoms. The first-order valence-electron chi connectivity index (χ1n) is 5.79. The van der Waals surface area contributed by atoms with Crippen LogP contribution in [0.4, 0.5) is 11.4 Å². The summed E-state index contributed by atoms with van der Waals surface area (Å²) in [6, 6.07) is 7.69. The number of nitro benzene ring substituents is 1. The lowest BCUT2D eigenvalue weighted by Gasteiger charge is -2.07. The van der Waals surface area contributed by atoms with Gasteiger partial charge in [-0.2, -0.15) is 0 Å². The van der Waals surface area contributed by atoms with Crippen LogP contribution in [0, 0.1) is 10.1 Å². The Morgan fingerprint density at radius 3 is 2.60 bits per heavy atom. The number of benzene rings is 1. The molecule has 3 N–H and O–H groups in total. The number of primary amides is 1. The highest BCUT2D eigenvalue weighted by molar-refractivity contribution is 5.94. The molecular formula is C13H12N4O3. The van der Waals surface area contributed by atoms with Crippen molar-refractivity contribution in [1.29, 1.82) is 0 Å². The van der Waals surface area contributed by atoms with E-state index in [0.717, 1.165) is 11.6 Å². The smallest absolute Gasteiger partial charge is 0.293 e. The van der Waals surface area contributed by atoms with Crippen molar-refractivity contribution in [3.8, 4) is 0 Å². The second-order valence-corrected chi connectivity index (χ2v) is 4.06. The number of carbonyl (C=O) groups excluding carboxylic acids is 1. The summed E-state index contributed by atoms with van der Waals surface area (Å²) in [4.78, 5) is 25.4. The fraction of sp³-hybridized carbons (Fsp3) is 0.0769. The lowest BCUT2D eigenvalue weighted by Crippen LogP contribution is -2.12. The molecule has 1 amide bonds. The molecule has 0 fully saturated rings. The van der Waals surface area contributed by atoms with E-state index < -0.39 is 10.8 Å². The molecular weight excluding hydrogens is 260 g/mol. The molecule has 0 spiro atoms. The van der Waals surface area contributed by atoms with E-state index in [-0.39, 0.29) is 11.3 Å². The number of aromatic nitrogens is 1. The van der Waals surface area contributed by atoms with Crippen molar-refractivity contribution in [2.45, 2.75) is 6.54 Å². The highest BCUT2D eigenvalue weighted by atomic mass is 16.6. The summed E-state index contributed by atoms with van der Waals surface area (Å²) >= 11 is 0. The molecule has 0 atom stereocenters. The molecule has 0 aliphatic heterocycles. The van der Waals surface area contributed by atoms with Crippen molar-refractivity contribution in [2.24, 2.45) is 5.73 Å². The first kappa shape index (κ1) is 13.5. The monoisotopic (exact) mass is 272 g/mol. The van der Waals surface area contributed by atoms with Gasteiger partial charge >= 0.3 is 0 Å². The second kappa shape index (κ2) is 5.79. The number of carbonyl (C=O) groups is 1. The summed E-state index contributed by atoms with van der Waals surface area (Å²) in [7, 11) is 0. The molecule has 2 rings (SSSR count). The molecule has 0 saturated heterocycles. The third-order valence-corrected chi connectivity index (χ3v) is 2.71. The van der Waals surface area contributed by atoms with Gasteiger partial charge in [-0.25, -0.2) is 0 Å². The normalized spacial score (nSPS) is 10.0. The second-order valence-electron chi connectivity index (χ2n) is 4.06. The van der Waals surface area contributed by atoms with Gasteiger partial charge in [0, 0.05) is 30.6 Å². The molecule has 1 aromatic heterocycles. The zero-order valence-corrected chi connectivity index (χ0v) is 10.4. The Labute approximate surface area is 114 Å². The molecule has 0 saturated carbocycles. The van der Waals surface area contributed by atoms with Gasteiger partial charge in [0.15, 0.2) is 0 Å². The first-order valence-corrected chi connectivity index (χ1v) is 5.79. The quantitative estimate of drug-likeness (QED) is 0.635. The Kier molecular flexibility index (Phi) is 3.90. The predicted molar refractivity (Wildman–Crippen MR) is 73.2 cm³/mol. The van der Waals surface area contributed by atoms with Crippen molar-refractivity contribution in [3.05, 3.63) is 64.0 Å². The van der Waals surface area contributed by atoms with Gasteiger partial charge in [-0.05, 0) is 29.8 Å². The van der Waals surface area contributed by atoms with Gasteiger partial charge in [0.2, 0.25) is 5.91 Å². The zero-order chi connectivity index (χ0) is 14.5.